The number of amides is 2. The van der Waals surface area contributed by atoms with Crippen LogP contribution in [0.4, 0.5) is 4.79 Å². The summed E-state index contributed by atoms with van der Waals surface area (Å²) < 4.78 is 5.23. The van der Waals surface area contributed by atoms with Crippen LogP contribution in [0.25, 0.3) is 0 Å². The zero-order chi connectivity index (χ0) is 18.3. The number of carbonyl (C=O) groups excluding carboxylic acids is 2. The lowest BCUT2D eigenvalue weighted by Crippen LogP contribution is -2.52. The summed E-state index contributed by atoms with van der Waals surface area (Å²) in [5.41, 5.74) is -0.638. The summed E-state index contributed by atoms with van der Waals surface area (Å²) >= 11 is 0. The molecule has 7 nitrogen and oxygen atoms in total. The van der Waals surface area contributed by atoms with E-state index in [1.807, 2.05) is 13.8 Å². The maximum Gasteiger partial charge on any atom is 0.408 e. The lowest BCUT2D eigenvalue weighted by molar-refractivity contribution is -0.179. The Morgan fingerprint density at radius 1 is 1.29 bits per heavy atom. The topological polar surface area (TPSA) is 90.9 Å². The Balaban J connectivity index is 2.74. The second-order valence-electron chi connectivity index (χ2n) is 7.85. The van der Waals surface area contributed by atoms with E-state index in [2.05, 4.69) is 10.6 Å². The van der Waals surface area contributed by atoms with Gasteiger partial charge in [-0.3, -0.25) is 10.0 Å². The van der Waals surface area contributed by atoms with Crippen molar-refractivity contribution in [1.29, 1.82) is 0 Å². The zero-order valence-electron chi connectivity index (χ0n) is 15.6. The number of hydrogen-bond acceptors (Lipinski definition) is 5. The Labute approximate surface area is 145 Å². The predicted molar refractivity (Wildman–Crippen MR) is 91.8 cm³/mol. The minimum Gasteiger partial charge on any atom is -0.444 e. The number of alkyl carbamates (subject to hydrolysis) is 1. The first-order chi connectivity index (χ1) is 11.1. The van der Waals surface area contributed by atoms with E-state index in [9.17, 15) is 14.8 Å². The monoisotopic (exact) mass is 343 g/mol. The molecule has 0 aromatic heterocycles. The minimum atomic E-state index is -0.791. The van der Waals surface area contributed by atoms with Gasteiger partial charge in [0.05, 0.1) is 6.04 Å². The van der Waals surface area contributed by atoms with E-state index in [-0.39, 0.29) is 12.0 Å². The van der Waals surface area contributed by atoms with Gasteiger partial charge < -0.3 is 15.4 Å². The van der Waals surface area contributed by atoms with Crippen LogP contribution in [-0.2, 0) is 9.53 Å². The van der Waals surface area contributed by atoms with Gasteiger partial charge in [-0.2, -0.15) is 0 Å². The molecule has 3 N–H and O–H groups in total. The van der Waals surface area contributed by atoms with Crippen LogP contribution in [0, 0.1) is 5.92 Å². The van der Waals surface area contributed by atoms with Crippen molar-refractivity contribution in [2.24, 2.45) is 5.92 Å². The molecule has 2 atom stereocenters. The molecule has 0 aliphatic carbocycles. The van der Waals surface area contributed by atoms with Crippen molar-refractivity contribution in [3.63, 3.8) is 0 Å². The molecular weight excluding hydrogens is 310 g/mol. The van der Waals surface area contributed by atoms with Gasteiger partial charge in [0.1, 0.15) is 11.6 Å². The molecular formula is C17H33N3O4. The first-order valence-corrected chi connectivity index (χ1v) is 8.82. The molecule has 0 spiro atoms. The summed E-state index contributed by atoms with van der Waals surface area (Å²) in [5.74, 6) is -0.278. The largest absolute Gasteiger partial charge is 0.444 e. The smallest absolute Gasteiger partial charge is 0.408 e. The third-order valence-electron chi connectivity index (χ3n) is 3.81. The fourth-order valence-electron chi connectivity index (χ4n) is 2.73. The molecule has 1 aliphatic rings. The molecule has 140 valence electrons. The Hall–Kier alpha value is -1.34. The molecule has 0 bridgehead atoms. The lowest BCUT2D eigenvalue weighted by atomic mass is 10.0. The number of carbonyl (C=O) groups is 2. The first-order valence-electron chi connectivity index (χ1n) is 8.82. The zero-order valence-corrected chi connectivity index (χ0v) is 15.6. The predicted octanol–water partition coefficient (Wildman–Crippen LogP) is 2.29. The minimum absolute atomic E-state index is 0.193. The Morgan fingerprint density at radius 2 is 1.96 bits per heavy atom. The summed E-state index contributed by atoms with van der Waals surface area (Å²) in [7, 11) is 0. The standard InChI is InChI=1S/C17H33N3O4/c1-12(2)11-14(19-16(22)24-17(3,4)5)15(21)20(23)13-7-6-9-18-10-8-13/h12-14,18,23H,6-11H2,1-5H3,(H,19,22). The number of hydroxylamine groups is 2. The second-order valence-corrected chi connectivity index (χ2v) is 7.85. The summed E-state index contributed by atoms with van der Waals surface area (Å²) in [6, 6.07) is -1.01. The highest BCUT2D eigenvalue weighted by atomic mass is 16.6. The van der Waals surface area contributed by atoms with Crippen molar-refractivity contribution < 1.29 is 19.5 Å². The molecule has 24 heavy (non-hydrogen) atoms. The molecule has 0 saturated carbocycles. The van der Waals surface area contributed by atoms with Gasteiger partial charge in [0.15, 0.2) is 0 Å². The van der Waals surface area contributed by atoms with Crippen LogP contribution in [0.2, 0.25) is 0 Å². The molecule has 1 fully saturated rings. The summed E-state index contributed by atoms with van der Waals surface area (Å²) in [5, 5.41) is 17.0. The van der Waals surface area contributed by atoms with Crippen LogP contribution in [0.3, 0.4) is 0 Å². The maximum atomic E-state index is 12.7. The molecule has 2 unspecified atom stereocenters. The van der Waals surface area contributed by atoms with Gasteiger partial charge in [-0.25, -0.2) is 9.86 Å². The maximum absolute atomic E-state index is 12.7. The Morgan fingerprint density at radius 3 is 2.54 bits per heavy atom. The van der Waals surface area contributed by atoms with Crippen LogP contribution in [0.1, 0.15) is 60.3 Å². The first kappa shape index (κ1) is 20.7. The number of nitrogens with zero attached hydrogens (tertiary/aromatic N) is 1. The van der Waals surface area contributed by atoms with E-state index in [1.165, 1.54) is 0 Å². The quantitative estimate of drug-likeness (QED) is 0.526. The number of ether oxygens (including phenoxy) is 1. The molecule has 0 aromatic rings. The van der Waals surface area contributed by atoms with E-state index in [1.54, 1.807) is 20.8 Å². The van der Waals surface area contributed by atoms with Crippen LogP contribution >= 0.6 is 0 Å². The highest BCUT2D eigenvalue weighted by Crippen LogP contribution is 2.16. The van der Waals surface area contributed by atoms with Crippen LogP contribution in [0.15, 0.2) is 0 Å². The number of nitrogens with one attached hydrogen (secondary N) is 2. The van der Waals surface area contributed by atoms with Gasteiger partial charge in [-0.1, -0.05) is 13.8 Å². The van der Waals surface area contributed by atoms with Gasteiger partial charge in [-0.15, -0.1) is 0 Å². The van der Waals surface area contributed by atoms with E-state index >= 15 is 0 Å². The van der Waals surface area contributed by atoms with Gasteiger partial charge in [-0.05, 0) is 65.5 Å². The Bertz CT molecular complexity index is 413. The molecule has 0 aromatic carbocycles. The SMILES string of the molecule is CC(C)CC(NC(=O)OC(C)(C)C)C(=O)N(O)C1CCCNCC1. The van der Waals surface area contributed by atoms with E-state index < -0.39 is 23.6 Å². The second kappa shape index (κ2) is 9.22. The van der Waals surface area contributed by atoms with E-state index in [4.69, 9.17) is 4.74 Å². The van der Waals surface area contributed by atoms with Crippen LogP contribution in [-0.4, -0.2) is 53.0 Å². The summed E-state index contributed by atoms with van der Waals surface area (Å²) in [6.45, 7) is 10.9. The molecule has 1 heterocycles. The van der Waals surface area contributed by atoms with Gasteiger partial charge in [0.25, 0.3) is 5.91 Å². The average molecular weight is 343 g/mol. The van der Waals surface area contributed by atoms with Gasteiger partial charge in [0, 0.05) is 0 Å². The molecule has 1 aliphatic heterocycles. The van der Waals surface area contributed by atoms with Crippen LogP contribution in [0.5, 0.6) is 0 Å². The molecule has 1 saturated heterocycles. The highest BCUT2D eigenvalue weighted by Gasteiger charge is 2.32. The number of rotatable bonds is 5. The third-order valence-corrected chi connectivity index (χ3v) is 3.81. The molecule has 1 rings (SSSR count). The van der Waals surface area contributed by atoms with Crippen LogP contribution < -0.4 is 10.6 Å². The highest BCUT2D eigenvalue weighted by molar-refractivity contribution is 5.85. The van der Waals surface area contributed by atoms with Crippen molar-refractivity contribution in [2.75, 3.05) is 13.1 Å². The summed E-state index contributed by atoms with van der Waals surface area (Å²) in [6.07, 6.45) is 2.15. The summed E-state index contributed by atoms with van der Waals surface area (Å²) in [4.78, 5) is 24.7. The fourth-order valence-corrected chi connectivity index (χ4v) is 2.73. The normalized spacial score (nSPS) is 20.2. The molecule has 0 radical (unpaired) electrons. The van der Waals surface area contributed by atoms with Crippen molar-refractivity contribution in [1.82, 2.24) is 15.7 Å². The Kier molecular flexibility index (Phi) is 7.96. The van der Waals surface area contributed by atoms with Crippen molar-refractivity contribution >= 4 is 12.0 Å². The third kappa shape index (κ3) is 7.49. The fraction of sp³-hybridized carbons (Fsp3) is 0.882. The molecule has 2 amide bonds. The van der Waals surface area contributed by atoms with Gasteiger partial charge in [0.2, 0.25) is 0 Å². The lowest BCUT2D eigenvalue weighted by Gasteiger charge is -2.30. The van der Waals surface area contributed by atoms with Crippen molar-refractivity contribution in [3.8, 4) is 0 Å². The average Bonchev–Trinajstić information content (AvgIpc) is 2.71. The van der Waals surface area contributed by atoms with Gasteiger partial charge >= 0.3 is 6.09 Å². The van der Waals surface area contributed by atoms with Crippen molar-refractivity contribution in [3.05, 3.63) is 0 Å². The van der Waals surface area contributed by atoms with E-state index in [0.717, 1.165) is 31.0 Å². The molecule has 7 heteroatoms. The number of hydrogen-bond donors (Lipinski definition) is 3. The van der Waals surface area contributed by atoms with Crippen molar-refractivity contribution in [2.45, 2.75) is 78.0 Å². The van der Waals surface area contributed by atoms with E-state index in [0.29, 0.717) is 12.8 Å².